The van der Waals surface area contributed by atoms with E-state index >= 15 is 0 Å². The second kappa shape index (κ2) is 38.9. The van der Waals surface area contributed by atoms with Crippen LogP contribution in [0.15, 0.2) is 60.8 Å². The van der Waals surface area contributed by atoms with Crippen molar-refractivity contribution in [2.75, 3.05) is 41.0 Å². The van der Waals surface area contributed by atoms with Gasteiger partial charge < -0.3 is 23.8 Å². The lowest BCUT2D eigenvalue weighted by atomic mass is 10.1. The lowest BCUT2D eigenvalue weighted by Crippen LogP contribution is -2.50. The minimum Gasteiger partial charge on any atom is -0.477 e. The number of hydrogen-bond donors (Lipinski definition) is 1. The molecule has 0 rings (SSSR count). The molecule has 0 amide bonds. The summed E-state index contributed by atoms with van der Waals surface area (Å²) in [6.45, 7) is 4.59. The SMILES string of the molecule is CC/C=C/C/C=C/C/C=C/C/C=C/C/C=C/CCCCCCCCC(=O)OCC(COCCC(C(=O)O)[N+](C)(C)C)OC(=O)CCCCCCCCCCCC. The number of carboxylic acids is 1. The molecule has 1 N–H and O–H groups in total. The topological polar surface area (TPSA) is 99.1 Å². The van der Waals surface area contributed by atoms with E-state index in [1.807, 2.05) is 21.1 Å². The highest BCUT2D eigenvalue weighted by Gasteiger charge is 2.31. The zero-order chi connectivity index (χ0) is 41.4. The normalized spacial score (nSPS) is 13.5. The maximum absolute atomic E-state index is 12.7. The second-order valence-corrected chi connectivity index (χ2v) is 15.9. The summed E-state index contributed by atoms with van der Waals surface area (Å²) in [5.74, 6) is -1.49. The molecule has 0 aromatic rings. The summed E-state index contributed by atoms with van der Waals surface area (Å²) < 4.78 is 17.2. The van der Waals surface area contributed by atoms with Gasteiger partial charge in [-0.05, 0) is 57.8 Å². The summed E-state index contributed by atoms with van der Waals surface area (Å²) in [6, 6.07) is -0.617. The minimum absolute atomic E-state index is 0.0557. The highest BCUT2D eigenvalue weighted by atomic mass is 16.6. The summed E-state index contributed by atoms with van der Waals surface area (Å²) in [5, 5.41) is 9.61. The van der Waals surface area contributed by atoms with Crippen molar-refractivity contribution in [3.05, 3.63) is 60.8 Å². The third kappa shape index (κ3) is 36.7. The van der Waals surface area contributed by atoms with Gasteiger partial charge in [-0.15, -0.1) is 0 Å². The fourth-order valence-corrected chi connectivity index (χ4v) is 6.23. The molecule has 0 saturated carbocycles. The molecule has 0 radical (unpaired) electrons. The Labute approximate surface area is 343 Å². The van der Waals surface area contributed by atoms with Crippen LogP contribution in [0.3, 0.4) is 0 Å². The van der Waals surface area contributed by atoms with Crippen molar-refractivity contribution >= 4 is 17.9 Å². The van der Waals surface area contributed by atoms with Gasteiger partial charge in [-0.25, -0.2) is 4.79 Å². The number of esters is 2. The minimum atomic E-state index is -0.879. The summed E-state index contributed by atoms with van der Waals surface area (Å²) in [7, 11) is 5.52. The Morgan fingerprint density at radius 1 is 0.554 bits per heavy atom. The molecule has 0 spiro atoms. The summed E-state index contributed by atoms with van der Waals surface area (Å²) in [5.41, 5.74) is 0. The van der Waals surface area contributed by atoms with Crippen LogP contribution in [0.2, 0.25) is 0 Å². The summed E-state index contributed by atoms with van der Waals surface area (Å²) in [4.78, 5) is 36.9. The number of ether oxygens (including phenoxy) is 3. The Balaban J connectivity index is 4.28. The molecule has 0 saturated heterocycles. The highest BCUT2D eigenvalue weighted by molar-refractivity contribution is 5.72. The number of quaternary nitrogens is 1. The van der Waals surface area contributed by atoms with E-state index in [1.165, 1.54) is 57.8 Å². The van der Waals surface area contributed by atoms with Gasteiger partial charge in [0.2, 0.25) is 0 Å². The molecule has 0 aromatic carbocycles. The van der Waals surface area contributed by atoms with E-state index in [-0.39, 0.29) is 36.2 Å². The Morgan fingerprint density at radius 3 is 1.48 bits per heavy atom. The van der Waals surface area contributed by atoms with Gasteiger partial charge >= 0.3 is 17.9 Å². The Kier molecular flexibility index (Phi) is 36.8. The molecule has 0 fully saturated rings. The Bertz CT molecular complexity index is 1100. The van der Waals surface area contributed by atoms with Crippen molar-refractivity contribution < 1.29 is 38.2 Å². The van der Waals surface area contributed by atoms with Gasteiger partial charge in [0, 0.05) is 19.3 Å². The van der Waals surface area contributed by atoms with E-state index in [9.17, 15) is 19.5 Å². The van der Waals surface area contributed by atoms with Gasteiger partial charge in [0.05, 0.1) is 34.4 Å². The van der Waals surface area contributed by atoms with E-state index in [0.717, 1.165) is 83.5 Å². The Hall–Kier alpha value is -2.97. The van der Waals surface area contributed by atoms with Crippen LogP contribution >= 0.6 is 0 Å². The fraction of sp³-hybridized carbons (Fsp3) is 0.729. The number of carbonyl (C=O) groups excluding carboxylic acids is 2. The van der Waals surface area contributed by atoms with Crippen LogP contribution in [0, 0.1) is 0 Å². The summed E-state index contributed by atoms with van der Waals surface area (Å²) in [6.07, 6.45) is 46.9. The predicted octanol–water partition coefficient (Wildman–Crippen LogP) is 12.2. The zero-order valence-corrected chi connectivity index (χ0v) is 36.6. The van der Waals surface area contributed by atoms with Crippen LogP contribution in [0.4, 0.5) is 0 Å². The first kappa shape index (κ1) is 53.0. The van der Waals surface area contributed by atoms with Crippen LogP contribution in [0.1, 0.15) is 174 Å². The molecule has 0 bridgehead atoms. The van der Waals surface area contributed by atoms with Crippen molar-refractivity contribution in [1.82, 2.24) is 0 Å². The molecule has 0 aliphatic heterocycles. The molecule has 0 aliphatic rings. The van der Waals surface area contributed by atoms with Crippen molar-refractivity contribution in [3.8, 4) is 0 Å². The smallest absolute Gasteiger partial charge is 0.362 e. The number of nitrogens with zero attached hydrogens (tertiary/aromatic N) is 1. The van der Waals surface area contributed by atoms with Crippen molar-refractivity contribution in [2.45, 2.75) is 187 Å². The van der Waals surface area contributed by atoms with Crippen molar-refractivity contribution in [3.63, 3.8) is 0 Å². The van der Waals surface area contributed by atoms with Crippen LogP contribution in [-0.2, 0) is 28.6 Å². The quantitative estimate of drug-likeness (QED) is 0.0287. The number of carboxylic acid groups (broad SMARTS) is 1. The molecule has 8 nitrogen and oxygen atoms in total. The number of allylic oxidation sites excluding steroid dienone is 10. The highest BCUT2D eigenvalue weighted by Crippen LogP contribution is 2.14. The van der Waals surface area contributed by atoms with E-state index in [0.29, 0.717) is 19.3 Å². The average Bonchev–Trinajstić information content (AvgIpc) is 3.15. The number of hydrogen-bond acceptors (Lipinski definition) is 6. The summed E-state index contributed by atoms with van der Waals surface area (Å²) >= 11 is 0. The largest absolute Gasteiger partial charge is 0.477 e. The number of rotatable bonds is 39. The molecular weight excluding hydrogens is 703 g/mol. The first-order valence-electron chi connectivity index (χ1n) is 22.3. The van der Waals surface area contributed by atoms with Gasteiger partial charge in [0.25, 0.3) is 0 Å². The van der Waals surface area contributed by atoms with Gasteiger partial charge in [-0.1, -0.05) is 158 Å². The zero-order valence-electron chi connectivity index (χ0n) is 36.6. The average molecular weight is 787 g/mol. The lowest BCUT2D eigenvalue weighted by Gasteiger charge is -2.31. The molecule has 2 unspecified atom stereocenters. The van der Waals surface area contributed by atoms with Crippen LogP contribution < -0.4 is 0 Å². The molecule has 322 valence electrons. The second-order valence-electron chi connectivity index (χ2n) is 15.9. The maximum Gasteiger partial charge on any atom is 0.362 e. The molecule has 0 aromatic heterocycles. The number of likely N-dealkylation sites (N-methyl/N-ethyl adjacent to an activating group) is 1. The molecule has 2 atom stereocenters. The van der Waals surface area contributed by atoms with Gasteiger partial charge in [-0.2, -0.15) is 0 Å². The van der Waals surface area contributed by atoms with E-state index in [2.05, 4.69) is 74.6 Å². The Morgan fingerprint density at radius 2 is 1.00 bits per heavy atom. The molecule has 8 heteroatoms. The molecular formula is C48H84NO7+. The van der Waals surface area contributed by atoms with Gasteiger partial charge in [0.1, 0.15) is 6.61 Å². The number of aliphatic carboxylic acids is 1. The van der Waals surface area contributed by atoms with Gasteiger partial charge in [0.15, 0.2) is 12.1 Å². The van der Waals surface area contributed by atoms with Crippen LogP contribution in [0.25, 0.3) is 0 Å². The first-order valence-corrected chi connectivity index (χ1v) is 22.3. The first-order chi connectivity index (χ1) is 27.1. The fourth-order valence-electron chi connectivity index (χ4n) is 6.23. The molecule has 56 heavy (non-hydrogen) atoms. The molecule has 0 aliphatic carbocycles. The van der Waals surface area contributed by atoms with Crippen LogP contribution in [-0.4, -0.2) is 80.6 Å². The van der Waals surface area contributed by atoms with Crippen LogP contribution in [0.5, 0.6) is 0 Å². The number of carbonyl (C=O) groups is 3. The standard InChI is InChI=1S/C48H83NO7/c1-6-8-10-12-14-16-18-19-20-21-22-23-24-25-26-27-28-29-31-32-34-36-38-46(50)55-43-44(42-54-41-40-45(48(52)53)49(3,4)5)56-47(51)39-37-35-33-30-17-15-13-11-9-7-2/h8,10,14,16,19-20,22-23,25-26,44-45H,6-7,9,11-13,15,17-18,21,24,27-43H2,1-5H3/p+1/b10-8+,16-14+,20-19+,23-22+,26-25+. The molecule has 0 heterocycles. The van der Waals surface area contributed by atoms with E-state index < -0.39 is 18.1 Å². The predicted molar refractivity (Wildman–Crippen MR) is 234 cm³/mol. The monoisotopic (exact) mass is 787 g/mol. The third-order valence-corrected chi connectivity index (χ3v) is 9.68. The number of unbranched alkanes of at least 4 members (excludes halogenated alkanes) is 15. The van der Waals surface area contributed by atoms with Crippen molar-refractivity contribution in [2.24, 2.45) is 0 Å². The maximum atomic E-state index is 12.7. The lowest BCUT2D eigenvalue weighted by molar-refractivity contribution is -0.887. The third-order valence-electron chi connectivity index (χ3n) is 9.68. The van der Waals surface area contributed by atoms with E-state index in [4.69, 9.17) is 14.2 Å². The van der Waals surface area contributed by atoms with Gasteiger partial charge in [-0.3, -0.25) is 9.59 Å². The van der Waals surface area contributed by atoms with E-state index in [1.54, 1.807) is 0 Å². The van der Waals surface area contributed by atoms with Crippen molar-refractivity contribution in [1.29, 1.82) is 0 Å².